The first-order chi connectivity index (χ1) is 15.6. The molecule has 1 aliphatic heterocycles. The molecule has 0 atom stereocenters. The molecule has 0 fully saturated rings. The number of hydrogen-bond donors (Lipinski definition) is 0. The van der Waals surface area contributed by atoms with Crippen LogP contribution >= 0.6 is 0 Å². The number of carbonyl (C=O) groups excluding carboxylic acids is 1. The van der Waals surface area contributed by atoms with Crippen LogP contribution in [0.5, 0.6) is 5.75 Å². The molecule has 0 spiro atoms. The summed E-state index contributed by atoms with van der Waals surface area (Å²) >= 11 is 0. The van der Waals surface area contributed by atoms with Gasteiger partial charge in [0.25, 0.3) is 0 Å². The summed E-state index contributed by atoms with van der Waals surface area (Å²) < 4.78 is 13.7. The lowest BCUT2D eigenvalue weighted by Gasteiger charge is -2.30. The smallest absolute Gasteiger partial charge is 0.320 e. The molecule has 0 amide bonds. The summed E-state index contributed by atoms with van der Waals surface area (Å²) in [4.78, 5) is 14.4. The second-order valence-electron chi connectivity index (χ2n) is 10.2. The van der Waals surface area contributed by atoms with E-state index < -0.39 is 5.60 Å². The van der Waals surface area contributed by atoms with Crippen molar-refractivity contribution in [3.05, 3.63) is 58.8 Å². The number of benzene rings is 2. The Hall–Kier alpha value is -2.86. The standard InChI is InChI=1S/C27H35N3O3/c1-18(2)30-24-9-7-20(13-22(24)14-28-30)17-32-25-10-8-21-15-29(12-11-23(21)19(25)3)16-26(31)33-27(4,5)6/h7-10,13-14,18H,11-12,15-17H2,1-6H3. The van der Waals surface area contributed by atoms with Gasteiger partial charge in [-0.05, 0) is 88.4 Å². The molecule has 1 aromatic heterocycles. The molecule has 4 rings (SSSR count). The van der Waals surface area contributed by atoms with Crippen LogP contribution < -0.4 is 4.74 Å². The second-order valence-corrected chi connectivity index (χ2v) is 10.2. The Labute approximate surface area is 196 Å². The molecule has 2 aromatic carbocycles. The highest BCUT2D eigenvalue weighted by molar-refractivity contribution is 5.79. The first-order valence-corrected chi connectivity index (χ1v) is 11.8. The molecule has 3 aromatic rings. The van der Waals surface area contributed by atoms with E-state index in [0.29, 0.717) is 19.2 Å². The van der Waals surface area contributed by atoms with Crippen molar-refractivity contribution < 1.29 is 14.3 Å². The fourth-order valence-corrected chi connectivity index (χ4v) is 4.49. The molecular weight excluding hydrogens is 414 g/mol. The molecule has 6 nitrogen and oxygen atoms in total. The number of fused-ring (bicyclic) bond motifs is 2. The average Bonchev–Trinajstić information content (AvgIpc) is 3.15. The second kappa shape index (κ2) is 9.18. The van der Waals surface area contributed by atoms with Gasteiger partial charge in [-0.1, -0.05) is 12.1 Å². The van der Waals surface area contributed by atoms with Gasteiger partial charge in [0.2, 0.25) is 0 Å². The molecule has 0 bridgehead atoms. The van der Waals surface area contributed by atoms with Crippen LogP contribution in [0.4, 0.5) is 0 Å². The molecule has 0 unspecified atom stereocenters. The highest BCUT2D eigenvalue weighted by Gasteiger charge is 2.24. The van der Waals surface area contributed by atoms with E-state index in [1.165, 1.54) is 16.7 Å². The van der Waals surface area contributed by atoms with Gasteiger partial charge in [0, 0.05) is 24.5 Å². The zero-order valence-electron chi connectivity index (χ0n) is 20.6. The summed E-state index contributed by atoms with van der Waals surface area (Å²) in [6.07, 6.45) is 2.83. The van der Waals surface area contributed by atoms with Crippen molar-refractivity contribution in [2.45, 2.75) is 72.8 Å². The summed E-state index contributed by atoms with van der Waals surface area (Å²) in [5.41, 5.74) is 5.62. The average molecular weight is 450 g/mol. The van der Waals surface area contributed by atoms with E-state index in [9.17, 15) is 4.79 Å². The quantitative estimate of drug-likeness (QED) is 0.484. The molecule has 0 saturated heterocycles. The Morgan fingerprint density at radius 1 is 1.18 bits per heavy atom. The van der Waals surface area contributed by atoms with Gasteiger partial charge in [-0.3, -0.25) is 14.4 Å². The van der Waals surface area contributed by atoms with Gasteiger partial charge in [0.15, 0.2) is 0 Å². The lowest BCUT2D eigenvalue weighted by molar-refractivity contribution is -0.156. The fraction of sp³-hybridized carbons (Fsp3) is 0.481. The predicted molar refractivity (Wildman–Crippen MR) is 130 cm³/mol. The highest BCUT2D eigenvalue weighted by atomic mass is 16.6. The van der Waals surface area contributed by atoms with Crippen LogP contribution in [0.15, 0.2) is 36.5 Å². The van der Waals surface area contributed by atoms with Crippen LogP contribution in [0.2, 0.25) is 0 Å². The first kappa shape index (κ1) is 23.3. The maximum Gasteiger partial charge on any atom is 0.320 e. The Morgan fingerprint density at radius 2 is 1.97 bits per heavy atom. The lowest BCUT2D eigenvalue weighted by atomic mass is 9.94. The Balaban J connectivity index is 1.41. The molecular formula is C27H35N3O3. The first-order valence-electron chi connectivity index (χ1n) is 11.8. The third-order valence-corrected chi connectivity index (χ3v) is 6.03. The minimum atomic E-state index is -0.451. The monoisotopic (exact) mass is 449 g/mol. The van der Waals surface area contributed by atoms with Gasteiger partial charge in [0.05, 0.1) is 18.3 Å². The summed E-state index contributed by atoms with van der Waals surface area (Å²) in [7, 11) is 0. The molecule has 0 aliphatic carbocycles. The molecule has 0 radical (unpaired) electrons. The molecule has 0 N–H and O–H groups in total. The number of ether oxygens (including phenoxy) is 2. The molecule has 33 heavy (non-hydrogen) atoms. The third-order valence-electron chi connectivity index (χ3n) is 6.03. The fourth-order valence-electron chi connectivity index (χ4n) is 4.49. The maximum atomic E-state index is 12.2. The summed E-state index contributed by atoms with van der Waals surface area (Å²) in [5, 5.41) is 5.64. The van der Waals surface area contributed by atoms with Crippen LogP contribution in [-0.2, 0) is 29.1 Å². The van der Waals surface area contributed by atoms with Crippen LogP contribution in [0.1, 0.15) is 62.9 Å². The number of esters is 1. The van der Waals surface area contributed by atoms with Crippen LogP contribution in [0.25, 0.3) is 10.9 Å². The van der Waals surface area contributed by atoms with Crippen LogP contribution in [0.3, 0.4) is 0 Å². The minimum absolute atomic E-state index is 0.168. The summed E-state index contributed by atoms with van der Waals surface area (Å²) in [6.45, 7) is 14.6. The van der Waals surface area contributed by atoms with E-state index >= 15 is 0 Å². The largest absolute Gasteiger partial charge is 0.489 e. The van der Waals surface area contributed by atoms with E-state index in [1.807, 2.05) is 31.6 Å². The van der Waals surface area contributed by atoms with Crippen molar-refractivity contribution in [1.29, 1.82) is 0 Å². The number of nitrogens with zero attached hydrogens (tertiary/aromatic N) is 3. The zero-order valence-corrected chi connectivity index (χ0v) is 20.6. The van der Waals surface area contributed by atoms with Crippen molar-refractivity contribution >= 4 is 16.9 Å². The zero-order chi connectivity index (χ0) is 23.8. The van der Waals surface area contributed by atoms with Gasteiger partial charge >= 0.3 is 5.97 Å². The van der Waals surface area contributed by atoms with E-state index in [4.69, 9.17) is 9.47 Å². The predicted octanol–water partition coefficient (Wildman–Crippen LogP) is 5.20. The van der Waals surface area contributed by atoms with E-state index in [1.54, 1.807) is 0 Å². The van der Waals surface area contributed by atoms with Crippen molar-refractivity contribution in [3.8, 4) is 5.75 Å². The number of carbonyl (C=O) groups is 1. The number of hydrogen-bond acceptors (Lipinski definition) is 5. The summed E-state index contributed by atoms with van der Waals surface area (Å²) in [6, 6.07) is 10.9. The normalized spacial score (nSPS) is 14.5. The molecule has 6 heteroatoms. The molecule has 1 aliphatic rings. The van der Waals surface area contributed by atoms with Crippen molar-refractivity contribution in [2.24, 2.45) is 0 Å². The SMILES string of the molecule is Cc1c(OCc2ccc3c(cnn3C(C)C)c2)ccc2c1CCN(CC(=O)OC(C)(C)C)C2. The lowest BCUT2D eigenvalue weighted by Crippen LogP contribution is -2.38. The minimum Gasteiger partial charge on any atom is -0.489 e. The van der Waals surface area contributed by atoms with Gasteiger partial charge < -0.3 is 9.47 Å². The van der Waals surface area contributed by atoms with E-state index in [2.05, 4.69) is 61.1 Å². The Bertz CT molecular complexity index is 1160. The summed E-state index contributed by atoms with van der Waals surface area (Å²) in [5.74, 6) is 0.755. The number of rotatable bonds is 6. The van der Waals surface area contributed by atoms with Crippen molar-refractivity contribution in [2.75, 3.05) is 13.1 Å². The highest BCUT2D eigenvalue weighted by Crippen LogP contribution is 2.30. The van der Waals surface area contributed by atoms with E-state index in [-0.39, 0.29) is 5.97 Å². The molecule has 176 valence electrons. The van der Waals surface area contributed by atoms with Crippen LogP contribution in [0, 0.1) is 6.92 Å². The third kappa shape index (κ3) is 5.38. The maximum absolute atomic E-state index is 12.2. The number of aromatic nitrogens is 2. The van der Waals surface area contributed by atoms with Gasteiger partial charge in [-0.2, -0.15) is 5.10 Å². The van der Waals surface area contributed by atoms with E-state index in [0.717, 1.165) is 41.7 Å². The van der Waals surface area contributed by atoms with Gasteiger partial charge in [-0.15, -0.1) is 0 Å². The van der Waals surface area contributed by atoms with Gasteiger partial charge in [-0.25, -0.2) is 0 Å². The van der Waals surface area contributed by atoms with Crippen LogP contribution in [-0.4, -0.2) is 39.3 Å². The molecule has 0 saturated carbocycles. The molecule has 2 heterocycles. The van der Waals surface area contributed by atoms with Crippen molar-refractivity contribution in [1.82, 2.24) is 14.7 Å². The van der Waals surface area contributed by atoms with Crippen molar-refractivity contribution in [3.63, 3.8) is 0 Å². The Kier molecular flexibility index (Phi) is 6.48. The topological polar surface area (TPSA) is 56.6 Å². The Morgan fingerprint density at radius 3 is 2.70 bits per heavy atom. The van der Waals surface area contributed by atoms with Gasteiger partial charge in [0.1, 0.15) is 18.0 Å².